The van der Waals surface area contributed by atoms with Crippen molar-refractivity contribution in [2.45, 2.75) is 39.7 Å². The Labute approximate surface area is 137 Å². The number of methoxy groups -OCH3 is 1. The van der Waals surface area contributed by atoms with Gasteiger partial charge < -0.3 is 14.8 Å². The maximum Gasteiger partial charge on any atom is 0.244 e. The molecule has 0 fully saturated rings. The molecular formula is C17H24ClNO3. The monoisotopic (exact) mass is 325 g/mol. The van der Waals surface area contributed by atoms with Gasteiger partial charge in [0.2, 0.25) is 5.91 Å². The summed E-state index contributed by atoms with van der Waals surface area (Å²) < 4.78 is 10.7. The van der Waals surface area contributed by atoms with Crippen molar-refractivity contribution in [2.24, 2.45) is 0 Å². The van der Waals surface area contributed by atoms with Gasteiger partial charge in [0, 0.05) is 11.6 Å². The quantitative estimate of drug-likeness (QED) is 0.769. The molecule has 22 heavy (non-hydrogen) atoms. The number of carbonyl (C=O) groups excluding carboxylic acids is 1. The average Bonchev–Trinajstić information content (AvgIpc) is 2.45. The Morgan fingerprint density at radius 1 is 1.36 bits per heavy atom. The van der Waals surface area contributed by atoms with Gasteiger partial charge in [-0.3, -0.25) is 4.79 Å². The van der Waals surface area contributed by atoms with E-state index in [1.165, 1.54) is 6.08 Å². The summed E-state index contributed by atoms with van der Waals surface area (Å²) in [6.45, 7) is 8.38. The molecule has 1 amide bonds. The molecule has 0 saturated heterocycles. The minimum atomic E-state index is -0.227. The number of carbonyl (C=O) groups is 1. The van der Waals surface area contributed by atoms with E-state index in [2.05, 4.69) is 5.32 Å². The maximum absolute atomic E-state index is 11.9. The van der Waals surface area contributed by atoms with Crippen LogP contribution >= 0.6 is 11.6 Å². The van der Waals surface area contributed by atoms with E-state index in [1.807, 2.05) is 27.7 Å². The fourth-order valence-corrected chi connectivity index (χ4v) is 2.08. The van der Waals surface area contributed by atoms with E-state index in [-0.39, 0.29) is 11.4 Å². The van der Waals surface area contributed by atoms with Crippen LogP contribution in [0.5, 0.6) is 11.5 Å². The highest BCUT2D eigenvalue weighted by Gasteiger charge is 2.16. The Morgan fingerprint density at radius 3 is 2.59 bits per heavy atom. The van der Waals surface area contributed by atoms with Crippen LogP contribution in [-0.4, -0.2) is 25.2 Å². The molecule has 1 rings (SSSR count). The minimum Gasteiger partial charge on any atom is -0.491 e. The second-order valence-electron chi connectivity index (χ2n) is 5.53. The zero-order valence-electron chi connectivity index (χ0n) is 13.8. The number of amides is 1. The Kier molecular flexibility index (Phi) is 6.75. The molecule has 1 aromatic rings. The van der Waals surface area contributed by atoms with Crippen molar-refractivity contribution in [3.8, 4) is 11.5 Å². The van der Waals surface area contributed by atoms with Gasteiger partial charge in [-0.2, -0.15) is 0 Å². The highest BCUT2D eigenvalue weighted by Crippen LogP contribution is 2.36. The van der Waals surface area contributed by atoms with Crippen LogP contribution in [0.15, 0.2) is 18.2 Å². The van der Waals surface area contributed by atoms with Crippen LogP contribution in [0.4, 0.5) is 0 Å². The summed E-state index contributed by atoms with van der Waals surface area (Å²) >= 11 is 6.18. The first-order valence-corrected chi connectivity index (χ1v) is 7.71. The van der Waals surface area contributed by atoms with Gasteiger partial charge in [0.25, 0.3) is 0 Å². The Balaban J connectivity index is 2.94. The fourth-order valence-electron chi connectivity index (χ4n) is 1.78. The number of nitrogens with one attached hydrogen (secondary N) is 1. The molecule has 1 aromatic carbocycles. The molecule has 1 N–H and O–H groups in total. The van der Waals surface area contributed by atoms with Gasteiger partial charge in [-0.05, 0) is 51.0 Å². The zero-order valence-corrected chi connectivity index (χ0v) is 14.6. The SMILES string of the molecule is CCOc1cc(/C=C/C(=O)NC(C)(C)CC)cc(Cl)c1OC. The van der Waals surface area contributed by atoms with E-state index in [4.69, 9.17) is 21.1 Å². The van der Waals surface area contributed by atoms with Crippen LogP contribution in [0, 0.1) is 0 Å². The number of benzene rings is 1. The van der Waals surface area contributed by atoms with E-state index in [0.717, 1.165) is 12.0 Å². The summed E-state index contributed by atoms with van der Waals surface area (Å²) in [5.41, 5.74) is 0.550. The Bertz CT molecular complexity index is 553. The van der Waals surface area contributed by atoms with E-state index in [1.54, 1.807) is 25.3 Å². The lowest BCUT2D eigenvalue weighted by atomic mass is 10.0. The molecule has 0 aliphatic carbocycles. The van der Waals surface area contributed by atoms with Gasteiger partial charge in [-0.1, -0.05) is 18.5 Å². The van der Waals surface area contributed by atoms with Crippen LogP contribution in [0.3, 0.4) is 0 Å². The van der Waals surface area contributed by atoms with Crippen LogP contribution in [0.1, 0.15) is 39.7 Å². The molecule has 0 unspecified atom stereocenters. The topological polar surface area (TPSA) is 47.6 Å². The molecule has 0 heterocycles. The van der Waals surface area contributed by atoms with Gasteiger partial charge in [0.1, 0.15) is 0 Å². The van der Waals surface area contributed by atoms with Gasteiger partial charge in [0.15, 0.2) is 11.5 Å². The highest BCUT2D eigenvalue weighted by atomic mass is 35.5. The molecule has 0 aliphatic rings. The third kappa shape index (κ3) is 5.26. The molecule has 0 radical (unpaired) electrons. The first-order valence-electron chi connectivity index (χ1n) is 7.33. The first-order chi connectivity index (χ1) is 10.3. The Morgan fingerprint density at radius 2 is 2.05 bits per heavy atom. The van der Waals surface area contributed by atoms with E-state index < -0.39 is 0 Å². The highest BCUT2D eigenvalue weighted by molar-refractivity contribution is 6.32. The molecule has 0 saturated carbocycles. The van der Waals surface area contributed by atoms with Gasteiger partial charge in [-0.15, -0.1) is 0 Å². The standard InChI is InChI=1S/C17H24ClNO3/c1-6-17(3,4)19-15(20)9-8-12-10-13(18)16(21-5)14(11-12)22-7-2/h8-11H,6-7H2,1-5H3,(H,19,20)/b9-8+. The van der Waals surface area contributed by atoms with Gasteiger partial charge in [0.05, 0.1) is 18.7 Å². The average molecular weight is 326 g/mol. The van der Waals surface area contributed by atoms with Gasteiger partial charge in [-0.25, -0.2) is 0 Å². The van der Waals surface area contributed by atoms with E-state index in [9.17, 15) is 4.79 Å². The van der Waals surface area contributed by atoms with Crippen molar-refractivity contribution >= 4 is 23.6 Å². The summed E-state index contributed by atoms with van der Waals surface area (Å²) in [7, 11) is 1.54. The molecule has 5 heteroatoms. The van der Waals surface area contributed by atoms with E-state index >= 15 is 0 Å². The summed E-state index contributed by atoms with van der Waals surface area (Å²) in [6.07, 6.45) is 4.05. The second kappa shape index (κ2) is 8.08. The van der Waals surface area contributed by atoms with Crippen molar-refractivity contribution in [3.05, 3.63) is 28.8 Å². The molecule has 0 atom stereocenters. The number of hydrogen-bond donors (Lipinski definition) is 1. The van der Waals surface area contributed by atoms with Crippen LogP contribution in [0.25, 0.3) is 6.08 Å². The molecular weight excluding hydrogens is 302 g/mol. The first kappa shape index (κ1) is 18.4. The Hall–Kier alpha value is -1.68. The molecule has 4 nitrogen and oxygen atoms in total. The largest absolute Gasteiger partial charge is 0.491 e. The minimum absolute atomic E-state index is 0.142. The summed E-state index contributed by atoms with van der Waals surface area (Å²) in [5.74, 6) is 0.917. The van der Waals surface area contributed by atoms with Crippen molar-refractivity contribution in [1.82, 2.24) is 5.32 Å². The summed E-state index contributed by atoms with van der Waals surface area (Å²) in [5, 5.41) is 3.39. The van der Waals surface area contributed by atoms with Crippen molar-refractivity contribution in [2.75, 3.05) is 13.7 Å². The molecule has 122 valence electrons. The molecule has 0 bridgehead atoms. The number of rotatable bonds is 7. The van der Waals surface area contributed by atoms with Crippen LogP contribution in [-0.2, 0) is 4.79 Å². The third-order valence-corrected chi connectivity index (χ3v) is 3.59. The lowest BCUT2D eigenvalue weighted by Gasteiger charge is -2.23. The normalized spacial score (nSPS) is 11.5. The third-order valence-electron chi connectivity index (χ3n) is 3.31. The summed E-state index contributed by atoms with van der Waals surface area (Å²) in [4.78, 5) is 11.9. The second-order valence-corrected chi connectivity index (χ2v) is 5.93. The predicted molar refractivity (Wildman–Crippen MR) is 90.7 cm³/mol. The zero-order chi connectivity index (χ0) is 16.8. The van der Waals surface area contributed by atoms with Crippen molar-refractivity contribution < 1.29 is 14.3 Å². The smallest absolute Gasteiger partial charge is 0.244 e. The number of ether oxygens (including phenoxy) is 2. The number of hydrogen-bond acceptors (Lipinski definition) is 3. The lowest BCUT2D eigenvalue weighted by Crippen LogP contribution is -2.41. The van der Waals surface area contributed by atoms with Crippen LogP contribution in [0.2, 0.25) is 5.02 Å². The van der Waals surface area contributed by atoms with E-state index in [0.29, 0.717) is 23.1 Å². The number of halogens is 1. The molecule has 0 aliphatic heterocycles. The maximum atomic E-state index is 11.9. The fraction of sp³-hybridized carbons (Fsp3) is 0.471. The van der Waals surface area contributed by atoms with Crippen molar-refractivity contribution in [3.63, 3.8) is 0 Å². The van der Waals surface area contributed by atoms with Crippen LogP contribution < -0.4 is 14.8 Å². The van der Waals surface area contributed by atoms with Gasteiger partial charge >= 0.3 is 0 Å². The molecule has 0 spiro atoms. The van der Waals surface area contributed by atoms with Crippen molar-refractivity contribution in [1.29, 1.82) is 0 Å². The lowest BCUT2D eigenvalue weighted by molar-refractivity contribution is -0.117. The predicted octanol–water partition coefficient (Wildman–Crippen LogP) is 4.07. The molecule has 0 aromatic heterocycles. The summed E-state index contributed by atoms with van der Waals surface area (Å²) in [6, 6.07) is 3.53.